The molecule has 0 amide bonds. The van der Waals surface area contributed by atoms with E-state index in [1.54, 1.807) is 0 Å². The fourth-order valence-electron chi connectivity index (χ4n) is 2.17. The summed E-state index contributed by atoms with van der Waals surface area (Å²) in [5, 5.41) is 5.09. The van der Waals surface area contributed by atoms with Gasteiger partial charge in [-0.3, -0.25) is 9.58 Å². The first-order valence-corrected chi connectivity index (χ1v) is 6.71. The van der Waals surface area contributed by atoms with Crippen molar-refractivity contribution in [3.63, 3.8) is 0 Å². The predicted molar refractivity (Wildman–Crippen MR) is 66.6 cm³/mol. The molecule has 0 aromatic carbocycles. The molecule has 0 N–H and O–H groups in total. The summed E-state index contributed by atoms with van der Waals surface area (Å²) in [5.74, 6) is 0. The Morgan fingerprint density at radius 2 is 2.38 bits per heavy atom. The topological polar surface area (TPSA) is 30.3 Å². The van der Waals surface area contributed by atoms with Crippen LogP contribution in [0.4, 0.5) is 0 Å². The number of alkyl halides is 1. The molecule has 16 heavy (non-hydrogen) atoms. The molecule has 0 bridgehead atoms. The van der Waals surface area contributed by atoms with Crippen molar-refractivity contribution >= 4 is 15.9 Å². The molecule has 2 rings (SSSR count). The molecule has 0 spiro atoms. The van der Waals surface area contributed by atoms with Crippen molar-refractivity contribution in [2.45, 2.75) is 25.7 Å². The number of rotatable bonds is 3. The summed E-state index contributed by atoms with van der Waals surface area (Å²) in [5.41, 5.74) is 1.27. The molecule has 0 saturated carbocycles. The Hall–Kier alpha value is -0.390. The Morgan fingerprint density at radius 3 is 3.00 bits per heavy atom. The van der Waals surface area contributed by atoms with Crippen molar-refractivity contribution in [1.82, 2.24) is 14.7 Å². The minimum Gasteiger partial charge on any atom is -0.372 e. The molecule has 4 nitrogen and oxygen atoms in total. The molecular weight excluding hydrogens is 270 g/mol. The molecule has 2 atom stereocenters. The second kappa shape index (κ2) is 5.29. The largest absolute Gasteiger partial charge is 0.372 e. The monoisotopic (exact) mass is 287 g/mol. The molecule has 1 aliphatic rings. The second-order valence-corrected chi connectivity index (χ2v) is 5.09. The summed E-state index contributed by atoms with van der Waals surface area (Å²) in [6.07, 6.45) is 4.63. The first-order valence-electron chi connectivity index (χ1n) is 5.58. The van der Waals surface area contributed by atoms with Crippen LogP contribution in [0.5, 0.6) is 0 Å². The zero-order chi connectivity index (χ0) is 11.5. The number of hydrogen-bond donors (Lipinski definition) is 0. The van der Waals surface area contributed by atoms with Gasteiger partial charge in [-0.25, -0.2) is 0 Å². The average molecular weight is 288 g/mol. The summed E-state index contributed by atoms with van der Waals surface area (Å²) in [6, 6.07) is 0. The molecule has 90 valence electrons. The van der Waals surface area contributed by atoms with Gasteiger partial charge in [0.05, 0.1) is 18.4 Å². The van der Waals surface area contributed by atoms with Gasteiger partial charge in [0.1, 0.15) is 0 Å². The Kier molecular flexibility index (Phi) is 4.00. The second-order valence-electron chi connectivity index (χ2n) is 4.44. The lowest BCUT2D eigenvalue weighted by atomic mass is 10.2. The highest BCUT2D eigenvalue weighted by Gasteiger charge is 2.24. The van der Waals surface area contributed by atoms with Gasteiger partial charge in [-0.15, -0.1) is 0 Å². The highest BCUT2D eigenvalue weighted by Crippen LogP contribution is 2.15. The van der Waals surface area contributed by atoms with E-state index < -0.39 is 0 Å². The van der Waals surface area contributed by atoms with Gasteiger partial charge in [-0.2, -0.15) is 5.10 Å². The van der Waals surface area contributed by atoms with Gasteiger partial charge in [0.25, 0.3) is 0 Å². The van der Waals surface area contributed by atoms with Crippen molar-refractivity contribution in [3.05, 3.63) is 18.0 Å². The lowest BCUT2D eigenvalue weighted by Gasteiger charge is -2.35. The van der Waals surface area contributed by atoms with Crippen LogP contribution in [-0.2, 0) is 18.3 Å². The van der Waals surface area contributed by atoms with Gasteiger partial charge in [0.2, 0.25) is 0 Å². The number of ether oxygens (including phenoxy) is 1. The zero-order valence-corrected chi connectivity index (χ0v) is 11.4. The standard InChI is InChI=1S/C11H18BrN3O/c1-9-5-15(8-11(3-12)16-9)7-10-4-13-14(2)6-10/h4,6,9,11H,3,5,7-8H2,1-2H3. The number of nitrogens with zero attached hydrogens (tertiary/aromatic N) is 3. The first-order chi connectivity index (χ1) is 7.67. The Labute approximate surface area is 105 Å². The van der Waals surface area contributed by atoms with Gasteiger partial charge >= 0.3 is 0 Å². The van der Waals surface area contributed by atoms with Crippen LogP contribution in [0.1, 0.15) is 12.5 Å². The van der Waals surface area contributed by atoms with Crippen molar-refractivity contribution in [1.29, 1.82) is 0 Å². The van der Waals surface area contributed by atoms with Crippen molar-refractivity contribution < 1.29 is 4.74 Å². The third kappa shape index (κ3) is 3.06. The lowest BCUT2D eigenvalue weighted by molar-refractivity contribution is -0.0678. The van der Waals surface area contributed by atoms with E-state index in [-0.39, 0.29) is 0 Å². The van der Waals surface area contributed by atoms with Crippen LogP contribution in [0, 0.1) is 0 Å². The minimum absolute atomic E-state index is 0.306. The molecule has 1 aromatic heterocycles. The Bertz CT molecular complexity index is 342. The SMILES string of the molecule is CC1CN(Cc2cnn(C)c2)CC(CBr)O1. The Morgan fingerprint density at radius 1 is 1.56 bits per heavy atom. The summed E-state index contributed by atoms with van der Waals surface area (Å²) in [4.78, 5) is 2.43. The van der Waals surface area contributed by atoms with Crippen LogP contribution >= 0.6 is 15.9 Å². The van der Waals surface area contributed by atoms with E-state index in [4.69, 9.17) is 4.74 Å². The van der Waals surface area contributed by atoms with Gasteiger partial charge in [-0.1, -0.05) is 15.9 Å². The maximum Gasteiger partial charge on any atom is 0.0802 e. The molecule has 1 aromatic rings. The van der Waals surface area contributed by atoms with E-state index in [9.17, 15) is 0 Å². The molecule has 5 heteroatoms. The molecule has 0 aliphatic carbocycles. The van der Waals surface area contributed by atoms with Gasteiger partial charge < -0.3 is 4.74 Å². The smallest absolute Gasteiger partial charge is 0.0802 e. The van der Waals surface area contributed by atoms with Crippen LogP contribution in [-0.4, -0.2) is 45.3 Å². The van der Waals surface area contributed by atoms with E-state index in [0.717, 1.165) is 25.0 Å². The van der Waals surface area contributed by atoms with E-state index >= 15 is 0 Å². The fourth-order valence-corrected chi connectivity index (χ4v) is 2.52. The Balaban J connectivity index is 1.93. The van der Waals surface area contributed by atoms with Crippen molar-refractivity contribution in [3.8, 4) is 0 Å². The van der Waals surface area contributed by atoms with Crippen molar-refractivity contribution in [2.24, 2.45) is 7.05 Å². The third-order valence-electron chi connectivity index (χ3n) is 2.74. The van der Waals surface area contributed by atoms with E-state index in [0.29, 0.717) is 12.2 Å². The summed E-state index contributed by atoms with van der Waals surface area (Å²) >= 11 is 3.49. The van der Waals surface area contributed by atoms with Crippen LogP contribution < -0.4 is 0 Å². The molecule has 1 aliphatic heterocycles. The van der Waals surface area contributed by atoms with Gasteiger partial charge in [-0.05, 0) is 6.92 Å². The number of aromatic nitrogens is 2. The minimum atomic E-state index is 0.306. The van der Waals surface area contributed by atoms with E-state index in [1.807, 2.05) is 17.9 Å². The molecule has 2 heterocycles. The fraction of sp³-hybridized carbons (Fsp3) is 0.727. The molecule has 1 fully saturated rings. The quantitative estimate of drug-likeness (QED) is 0.788. The highest BCUT2D eigenvalue weighted by atomic mass is 79.9. The molecule has 2 unspecified atom stereocenters. The number of hydrogen-bond acceptors (Lipinski definition) is 3. The summed E-state index contributed by atoms with van der Waals surface area (Å²) in [7, 11) is 1.95. The van der Waals surface area contributed by atoms with E-state index in [1.165, 1.54) is 5.56 Å². The lowest BCUT2D eigenvalue weighted by Crippen LogP contribution is -2.46. The molecule has 0 radical (unpaired) electrons. The molecule has 1 saturated heterocycles. The third-order valence-corrected chi connectivity index (χ3v) is 3.46. The van der Waals surface area contributed by atoms with Crippen LogP contribution in [0.3, 0.4) is 0 Å². The normalized spacial score (nSPS) is 27.2. The highest BCUT2D eigenvalue weighted by molar-refractivity contribution is 9.09. The van der Waals surface area contributed by atoms with Gasteiger partial charge in [0.15, 0.2) is 0 Å². The number of morpholine rings is 1. The molecular formula is C11H18BrN3O. The maximum atomic E-state index is 5.80. The average Bonchev–Trinajstić information content (AvgIpc) is 2.63. The predicted octanol–water partition coefficient (Wildman–Crippen LogP) is 1.40. The summed E-state index contributed by atoms with van der Waals surface area (Å²) < 4.78 is 7.65. The number of aryl methyl sites for hydroxylation is 1. The number of halogens is 1. The van der Waals surface area contributed by atoms with Crippen LogP contribution in [0.2, 0.25) is 0 Å². The summed E-state index contributed by atoms with van der Waals surface area (Å²) in [6.45, 7) is 5.08. The maximum absolute atomic E-state index is 5.80. The van der Waals surface area contributed by atoms with Crippen molar-refractivity contribution in [2.75, 3.05) is 18.4 Å². The zero-order valence-electron chi connectivity index (χ0n) is 9.77. The van der Waals surface area contributed by atoms with Gasteiger partial charge in [0, 0.05) is 43.8 Å². The first kappa shape index (κ1) is 12.1. The van der Waals surface area contributed by atoms with Crippen LogP contribution in [0.25, 0.3) is 0 Å². The van der Waals surface area contributed by atoms with Crippen LogP contribution in [0.15, 0.2) is 12.4 Å². The van der Waals surface area contributed by atoms with E-state index in [2.05, 4.69) is 39.0 Å².